The molecule has 0 amide bonds. The van der Waals surface area contributed by atoms with Gasteiger partial charge in [-0.3, -0.25) is 0 Å². The predicted octanol–water partition coefficient (Wildman–Crippen LogP) is 1.40. The van der Waals surface area contributed by atoms with Crippen LogP contribution in [0.2, 0.25) is 0 Å². The van der Waals surface area contributed by atoms with Gasteiger partial charge in [-0.15, -0.1) is 0 Å². The van der Waals surface area contributed by atoms with Crippen molar-refractivity contribution in [3.05, 3.63) is 0 Å². The molecule has 0 radical (unpaired) electrons. The summed E-state index contributed by atoms with van der Waals surface area (Å²) < 4.78 is 0. The number of nitrogens with one attached hydrogen (secondary N) is 1. The van der Waals surface area contributed by atoms with E-state index in [1.165, 1.54) is 65.0 Å². The van der Waals surface area contributed by atoms with E-state index in [0.29, 0.717) is 0 Å². The van der Waals surface area contributed by atoms with Gasteiger partial charge in [-0.05, 0) is 71.4 Å². The van der Waals surface area contributed by atoms with E-state index in [1.807, 2.05) is 0 Å². The lowest BCUT2D eigenvalue weighted by Gasteiger charge is -2.27. The molecule has 100 valence electrons. The molecule has 2 aliphatic rings. The largest absolute Gasteiger partial charge is 0.319 e. The van der Waals surface area contributed by atoms with Crippen molar-refractivity contribution in [3.8, 4) is 0 Å². The fourth-order valence-corrected chi connectivity index (χ4v) is 3.47. The molecule has 0 bridgehead atoms. The van der Waals surface area contributed by atoms with Crippen molar-refractivity contribution in [2.75, 3.05) is 46.3 Å². The highest BCUT2D eigenvalue weighted by molar-refractivity contribution is 4.84. The van der Waals surface area contributed by atoms with Crippen LogP contribution in [0, 0.1) is 5.92 Å². The zero-order valence-electron chi connectivity index (χ0n) is 11.6. The molecule has 2 atom stereocenters. The molecular formula is C14H29N3. The minimum absolute atomic E-state index is 0.869. The summed E-state index contributed by atoms with van der Waals surface area (Å²) in [5.41, 5.74) is 0. The van der Waals surface area contributed by atoms with Gasteiger partial charge in [0.1, 0.15) is 0 Å². The van der Waals surface area contributed by atoms with Gasteiger partial charge in [0.05, 0.1) is 0 Å². The van der Waals surface area contributed by atoms with Crippen LogP contribution in [0.15, 0.2) is 0 Å². The first-order valence-corrected chi connectivity index (χ1v) is 7.44. The fourth-order valence-electron chi connectivity index (χ4n) is 3.47. The molecule has 0 aromatic carbocycles. The van der Waals surface area contributed by atoms with Crippen LogP contribution >= 0.6 is 0 Å². The van der Waals surface area contributed by atoms with Gasteiger partial charge in [-0.2, -0.15) is 0 Å². The second-order valence-corrected chi connectivity index (χ2v) is 5.73. The van der Waals surface area contributed by atoms with Crippen LogP contribution in [0.1, 0.15) is 32.6 Å². The molecule has 0 saturated carbocycles. The first-order valence-electron chi connectivity index (χ1n) is 7.44. The maximum atomic E-state index is 3.33. The molecule has 2 fully saturated rings. The Morgan fingerprint density at radius 3 is 2.76 bits per heavy atom. The van der Waals surface area contributed by atoms with Gasteiger partial charge < -0.3 is 15.1 Å². The summed E-state index contributed by atoms with van der Waals surface area (Å²) in [6.45, 7) is 10.0. The van der Waals surface area contributed by atoms with Crippen molar-refractivity contribution in [3.63, 3.8) is 0 Å². The maximum Gasteiger partial charge on any atom is 0.0108 e. The SMILES string of the molecule is CCN1CCCC(N2CCC(CNC)C2)CC1. The van der Waals surface area contributed by atoms with E-state index in [4.69, 9.17) is 0 Å². The van der Waals surface area contributed by atoms with E-state index < -0.39 is 0 Å². The summed E-state index contributed by atoms with van der Waals surface area (Å²) in [7, 11) is 2.08. The average molecular weight is 239 g/mol. The second kappa shape index (κ2) is 6.72. The second-order valence-electron chi connectivity index (χ2n) is 5.73. The summed E-state index contributed by atoms with van der Waals surface area (Å²) in [6.07, 6.45) is 5.60. The van der Waals surface area contributed by atoms with Gasteiger partial charge in [0.2, 0.25) is 0 Å². The molecule has 0 aliphatic carbocycles. The molecule has 2 heterocycles. The maximum absolute atomic E-state index is 3.33. The van der Waals surface area contributed by atoms with Crippen molar-refractivity contribution in [2.45, 2.75) is 38.6 Å². The zero-order chi connectivity index (χ0) is 12.1. The third-order valence-corrected chi connectivity index (χ3v) is 4.56. The van der Waals surface area contributed by atoms with Crippen LogP contribution in [0.25, 0.3) is 0 Å². The van der Waals surface area contributed by atoms with E-state index in [0.717, 1.165) is 12.0 Å². The highest BCUT2D eigenvalue weighted by Crippen LogP contribution is 2.24. The Morgan fingerprint density at radius 1 is 1.12 bits per heavy atom. The molecule has 3 nitrogen and oxygen atoms in total. The van der Waals surface area contributed by atoms with E-state index in [1.54, 1.807) is 0 Å². The fraction of sp³-hybridized carbons (Fsp3) is 1.00. The molecule has 2 saturated heterocycles. The quantitative estimate of drug-likeness (QED) is 0.800. The third-order valence-electron chi connectivity index (χ3n) is 4.56. The van der Waals surface area contributed by atoms with Crippen molar-refractivity contribution >= 4 is 0 Å². The van der Waals surface area contributed by atoms with E-state index in [-0.39, 0.29) is 0 Å². The van der Waals surface area contributed by atoms with Crippen molar-refractivity contribution in [1.82, 2.24) is 15.1 Å². The lowest BCUT2D eigenvalue weighted by molar-refractivity contribution is 0.209. The number of hydrogen-bond donors (Lipinski definition) is 1. The lowest BCUT2D eigenvalue weighted by Crippen LogP contribution is -2.35. The Labute approximate surface area is 107 Å². The van der Waals surface area contributed by atoms with Gasteiger partial charge in [0, 0.05) is 12.6 Å². The number of hydrogen-bond acceptors (Lipinski definition) is 3. The molecule has 2 unspecified atom stereocenters. The standard InChI is InChI=1S/C14H29N3/c1-3-16-8-4-5-14(7-9-16)17-10-6-13(12-17)11-15-2/h13-15H,3-12H2,1-2H3. The van der Waals surface area contributed by atoms with E-state index >= 15 is 0 Å². The zero-order valence-corrected chi connectivity index (χ0v) is 11.6. The predicted molar refractivity (Wildman–Crippen MR) is 73.4 cm³/mol. The normalized spacial score (nSPS) is 32.8. The molecule has 2 rings (SSSR count). The summed E-state index contributed by atoms with van der Waals surface area (Å²) in [5.74, 6) is 0.894. The van der Waals surface area contributed by atoms with Crippen LogP contribution in [0.4, 0.5) is 0 Å². The highest BCUT2D eigenvalue weighted by atomic mass is 15.2. The Hall–Kier alpha value is -0.120. The van der Waals surface area contributed by atoms with Crippen molar-refractivity contribution in [2.24, 2.45) is 5.92 Å². The first kappa shape index (κ1) is 13.3. The smallest absolute Gasteiger partial charge is 0.0108 e. The van der Waals surface area contributed by atoms with Crippen LogP contribution < -0.4 is 5.32 Å². The number of rotatable bonds is 4. The summed E-state index contributed by atoms with van der Waals surface area (Å²) >= 11 is 0. The van der Waals surface area contributed by atoms with Gasteiger partial charge in [0.25, 0.3) is 0 Å². The Morgan fingerprint density at radius 2 is 2.00 bits per heavy atom. The van der Waals surface area contributed by atoms with Gasteiger partial charge in [-0.25, -0.2) is 0 Å². The molecule has 3 heteroatoms. The lowest BCUT2D eigenvalue weighted by atomic mass is 10.1. The molecule has 2 aliphatic heterocycles. The summed E-state index contributed by atoms with van der Waals surface area (Å²) in [6, 6.07) is 0.869. The number of nitrogens with zero attached hydrogens (tertiary/aromatic N) is 2. The topological polar surface area (TPSA) is 18.5 Å². The number of likely N-dealkylation sites (tertiary alicyclic amines) is 2. The monoisotopic (exact) mass is 239 g/mol. The highest BCUT2D eigenvalue weighted by Gasteiger charge is 2.28. The third kappa shape index (κ3) is 3.67. The summed E-state index contributed by atoms with van der Waals surface area (Å²) in [5, 5.41) is 3.33. The first-order chi connectivity index (χ1) is 8.33. The van der Waals surface area contributed by atoms with E-state index in [2.05, 4.69) is 29.1 Å². The average Bonchev–Trinajstić information content (AvgIpc) is 2.67. The van der Waals surface area contributed by atoms with E-state index in [9.17, 15) is 0 Å². The molecule has 0 spiro atoms. The van der Waals surface area contributed by atoms with Crippen LogP contribution in [-0.4, -0.2) is 62.2 Å². The Kier molecular flexibility index (Phi) is 5.26. The van der Waals surface area contributed by atoms with Gasteiger partial charge >= 0.3 is 0 Å². The minimum Gasteiger partial charge on any atom is -0.319 e. The van der Waals surface area contributed by atoms with Crippen molar-refractivity contribution in [1.29, 1.82) is 0 Å². The summed E-state index contributed by atoms with van der Waals surface area (Å²) in [4.78, 5) is 5.38. The van der Waals surface area contributed by atoms with Gasteiger partial charge in [-0.1, -0.05) is 6.92 Å². The molecule has 17 heavy (non-hydrogen) atoms. The molecular weight excluding hydrogens is 210 g/mol. The van der Waals surface area contributed by atoms with Crippen molar-refractivity contribution < 1.29 is 0 Å². The Balaban J connectivity index is 1.78. The van der Waals surface area contributed by atoms with Crippen LogP contribution in [0.5, 0.6) is 0 Å². The van der Waals surface area contributed by atoms with Crippen LogP contribution in [-0.2, 0) is 0 Å². The molecule has 1 N–H and O–H groups in total. The molecule has 0 aromatic rings. The molecule has 0 aromatic heterocycles. The Bertz CT molecular complexity index is 220. The van der Waals surface area contributed by atoms with Crippen LogP contribution in [0.3, 0.4) is 0 Å². The van der Waals surface area contributed by atoms with Gasteiger partial charge in [0.15, 0.2) is 0 Å². The minimum atomic E-state index is 0.869.